The van der Waals surface area contributed by atoms with Gasteiger partial charge in [0.25, 0.3) is 0 Å². The van der Waals surface area contributed by atoms with Gasteiger partial charge in [-0.3, -0.25) is 13.4 Å². The SMILES string of the molecule is COCCOCCOCCOCCOCCOCCOCCOCCOCCOCCOCCOC1C(OS(=O)(=O)[O-])[C@H](OP=S([O-])[O-])C(OO[O-])C(OP=S([O-])[O-])[C@@H]1OS(=O)(=O)[O-]. The van der Waals surface area contributed by atoms with Gasteiger partial charge in [0.1, 0.15) is 30.5 Å². The molecule has 0 aromatic heterocycles. The van der Waals surface area contributed by atoms with Crippen molar-refractivity contribution < 1.29 is 134 Å². The first-order chi connectivity index (χ1) is 30.7. The van der Waals surface area contributed by atoms with Gasteiger partial charge in [0.05, 0.1) is 161 Å². The summed E-state index contributed by atoms with van der Waals surface area (Å²) in [4.78, 5) is 4.38. The highest BCUT2D eigenvalue weighted by molar-refractivity contribution is 8.12. The Kier molecular flexibility index (Phi) is 38.9. The molecule has 35 heteroatoms. The molecule has 1 rings (SSSR count). The quantitative estimate of drug-likeness (QED) is 0.0143. The molecule has 0 aromatic carbocycles. The van der Waals surface area contributed by atoms with Gasteiger partial charge in [-0.25, -0.2) is 21.7 Å². The van der Waals surface area contributed by atoms with Crippen LogP contribution in [-0.2, 0) is 126 Å². The summed E-state index contributed by atoms with van der Waals surface area (Å²) in [5.74, 6) is 0. The van der Waals surface area contributed by atoms with Gasteiger partial charge in [-0.15, -0.1) is 0 Å². The van der Waals surface area contributed by atoms with Gasteiger partial charge >= 0.3 is 0 Å². The van der Waals surface area contributed by atoms with E-state index in [1.54, 1.807) is 7.11 Å². The van der Waals surface area contributed by atoms with Crippen molar-refractivity contribution in [3.8, 4) is 0 Å². The molecule has 1 fully saturated rings. The van der Waals surface area contributed by atoms with Crippen LogP contribution in [0.15, 0.2) is 0 Å². The molecule has 0 heterocycles. The first-order valence-corrected chi connectivity index (χ1v) is 26.4. The van der Waals surface area contributed by atoms with Crippen LogP contribution in [0.4, 0.5) is 0 Å². The van der Waals surface area contributed by atoms with Crippen LogP contribution in [0, 0.1) is 0 Å². The number of ether oxygens (including phenoxy) is 12. The van der Waals surface area contributed by atoms with Crippen molar-refractivity contribution in [2.75, 3.05) is 152 Å². The lowest BCUT2D eigenvalue weighted by molar-refractivity contribution is -0.807. The Bertz CT molecular complexity index is 1350. The third-order valence-electron chi connectivity index (χ3n) is 7.32. The van der Waals surface area contributed by atoms with E-state index in [2.05, 4.69) is 18.3 Å². The Labute approximate surface area is 378 Å². The van der Waals surface area contributed by atoms with Gasteiger partial charge in [0.15, 0.2) is 6.10 Å². The normalized spacial score (nSPS) is 21.0. The van der Waals surface area contributed by atoms with E-state index < -0.39 is 100 Å². The maximum atomic E-state index is 11.7. The first kappa shape index (κ1) is 62.2. The van der Waals surface area contributed by atoms with Crippen molar-refractivity contribution in [2.24, 2.45) is 0 Å². The molecule has 384 valence electrons. The Morgan fingerprint density at radius 1 is 0.406 bits per heavy atom. The Balaban J connectivity index is 2.27. The summed E-state index contributed by atoms with van der Waals surface area (Å²) in [6, 6.07) is 0. The van der Waals surface area contributed by atoms with Gasteiger partial charge in [-0.1, -0.05) is 0 Å². The molecule has 6 atom stereocenters. The summed E-state index contributed by atoms with van der Waals surface area (Å²) in [5.41, 5.74) is 0. The largest absolute Gasteiger partial charge is 0.810 e. The number of methoxy groups -OCH3 is 1. The van der Waals surface area contributed by atoms with E-state index in [1.807, 2.05) is 0 Å². The van der Waals surface area contributed by atoms with E-state index in [4.69, 9.17) is 65.9 Å². The van der Waals surface area contributed by atoms with E-state index in [-0.39, 0.29) is 39.6 Å². The molecule has 0 aliphatic heterocycles. The summed E-state index contributed by atoms with van der Waals surface area (Å²) < 4.78 is 198. The third-order valence-corrected chi connectivity index (χ3v) is 10.4. The van der Waals surface area contributed by atoms with Crippen LogP contribution < -0.4 is 5.26 Å². The zero-order valence-corrected chi connectivity index (χ0v) is 39.4. The summed E-state index contributed by atoms with van der Waals surface area (Å²) in [6.45, 7) is 6.21. The van der Waals surface area contributed by atoms with Crippen LogP contribution in [0.2, 0.25) is 0 Å². The minimum absolute atomic E-state index is 0.0355. The lowest BCUT2D eigenvalue weighted by Crippen LogP contribution is -2.67. The molecule has 0 spiro atoms. The average Bonchev–Trinajstić information content (AvgIpc) is 3.21. The van der Waals surface area contributed by atoms with Gasteiger partial charge in [-0.2, -0.15) is 0 Å². The fourth-order valence-corrected chi connectivity index (χ4v) is 7.65. The molecule has 0 aromatic rings. The number of hydrogen-bond donors (Lipinski definition) is 0. The maximum absolute atomic E-state index is 11.7. The zero-order valence-electron chi connectivity index (χ0n) is 34.4. The number of hydrogen-bond acceptors (Lipinski definition) is 29. The van der Waals surface area contributed by atoms with Crippen LogP contribution in [0.3, 0.4) is 0 Å². The van der Waals surface area contributed by atoms with Crippen LogP contribution in [-0.4, -0.2) is 233 Å². The third kappa shape index (κ3) is 34.5. The summed E-state index contributed by atoms with van der Waals surface area (Å²) in [5, 5.41) is 14.2. The predicted molar refractivity (Wildman–Crippen MR) is 206 cm³/mol. The molecule has 1 aliphatic rings. The van der Waals surface area contributed by atoms with Gasteiger partial charge in [0.2, 0.25) is 20.8 Å². The molecular formula is C29H53O29P2S4-7. The van der Waals surface area contributed by atoms with Crippen molar-refractivity contribution in [1.82, 2.24) is 0 Å². The fraction of sp³-hybridized carbons (Fsp3) is 1.00. The monoisotopic (exact) mass is 1060 g/mol. The summed E-state index contributed by atoms with van der Waals surface area (Å²) in [6.07, 6.45) is -13.9. The second-order valence-electron chi connectivity index (χ2n) is 11.7. The maximum Gasteiger partial charge on any atom is 0.218 e. The molecule has 1 aliphatic carbocycles. The standard InChI is InChI=1S/C29H56O29P2S4/c1-41-2-3-42-4-5-43-6-7-44-8-9-45-10-11-46-12-13-47-14-15-48-16-17-49-18-19-50-20-21-51-22-23-52-24-28(56-63(35,36)37)26(54-59-61(31)32)25(53-58-30)27(55-60-62(33)34)29(24)57-64(38,39)40/h24-29H,2-23H2,1H3,(H3-4,30,31,32,33,34,35,36,37,38,39,40)/q-4/p-3/t24?,25?,26-,27?,28?,29-/m1/s1. The minimum atomic E-state index is -5.80. The Morgan fingerprint density at radius 3 is 0.906 bits per heavy atom. The second-order valence-corrected chi connectivity index (χ2v) is 18.0. The molecule has 0 amide bonds. The van der Waals surface area contributed by atoms with Gasteiger partial charge < -0.3 is 120 Å². The molecule has 0 N–H and O–H groups in total. The van der Waals surface area contributed by atoms with E-state index in [0.717, 1.165) is 0 Å². The van der Waals surface area contributed by atoms with Gasteiger partial charge in [0, 0.05) is 7.11 Å². The van der Waals surface area contributed by atoms with Crippen LogP contribution in [0.25, 0.3) is 0 Å². The van der Waals surface area contributed by atoms with E-state index in [0.29, 0.717) is 99.1 Å². The average molecular weight is 1060 g/mol. The summed E-state index contributed by atoms with van der Waals surface area (Å²) >= 11 is 0. The van der Waals surface area contributed by atoms with Crippen molar-refractivity contribution in [3.05, 3.63) is 0 Å². The van der Waals surface area contributed by atoms with Crippen molar-refractivity contribution in [1.29, 1.82) is 0 Å². The molecule has 0 radical (unpaired) electrons. The van der Waals surface area contributed by atoms with Crippen molar-refractivity contribution in [2.45, 2.75) is 36.6 Å². The molecule has 64 heavy (non-hydrogen) atoms. The van der Waals surface area contributed by atoms with Crippen LogP contribution in [0.5, 0.6) is 0 Å². The Morgan fingerprint density at radius 2 is 0.672 bits per heavy atom. The van der Waals surface area contributed by atoms with Crippen LogP contribution in [0.1, 0.15) is 0 Å². The van der Waals surface area contributed by atoms with Gasteiger partial charge in [-0.05, 0) is 0 Å². The second kappa shape index (κ2) is 40.0. The lowest BCUT2D eigenvalue weighted by atomic mass is 9.85. The highest BCUT2D eigenvalue weighted by atomic mass is 32.5. The number of rotatable bonds is 44. The fourth-order valence-electron chi connectivity index (χ4n) is 4.83. The minimum Gasteiger partial charge on any atom is -0.810 e. The van der Waals surface area contributed by atoms with E-state index in [9.17, 15) is 49.4 Å². The molecule has 29 nitrogen and oxygen atoms in total. The highest BCUT2D eigenvalue weighted by Gasteiger charge is 2.57. The highest BCUT2D eigenvalue weighted by Crippen LogP contribution is 2.38. The zero-order chi connectivity index (χ0) is 47.3. The van der Waals surface area contributed by atoms with Crippen LogP contribution >= 0.6 is 15.2 Å². The first-order valence-electron chi connectivity index (χ1n) is 18.7. The molecule has 1 saturated carbocycles. The van der Waals surface area contributed by atoms with Crippen molar-refractivity contribution in [3.63, 3.8) is 0 Å². The lowest BCUT2D eigenvalue weighted by Gasteiger charge is -2.48. The van der Waals surface area contributed by atoms with E-state index >= 15 is 0 Å². The predicted octanol–water partition coefficient (Wildman–Crippen LogP) is -3.44. The topological polar surface area (TPSA) is 396 Å². The molecule has 4 unspecified atom stereocenters. The molecule has 0 saturated heterocycles. The Hall–Kier alpha value is 0.200. The van der Waals surface area contributed by atoms with E-state index in [1.165, 1.54) is 0 Å². The smallest absolute Gasteiger partial charge is 0.218 e. The summed E-state index contributed by atoms with van der Waals surface area (Å²) in [7, 11) is -18.2. The molecule has 0 bridgehead atoms. The molecular weight excluding hydrogens is 1000 g/mol. The van der Waals surface area contributed by atoms with Crippen molar-refractivity contribution >= 4 is 57.2 Å².